The molecule has 28 heavy (non-hydrogen) atoms. The van der Waals surface area contributed by atoms with Crippen molar-refractivity contribution in [3.8, 4) is 23.0 Å². The SMILES string of the molecule is O=C([O-])c1ccccc1C1c2ccc(O)c(Br)c2Oc2c1ccc(O)c2Br.[Zr+2]. The first kappa shape index (κ1) is 21.1. The Morgan fingerprint density at radius 1 is 0.857 bits per heavy atom. The van der Waals surface area contributed by atoms with Gasteiger partial charge in [-0.25, -0.2) is 0 Å². The molecule has 0 amide bonds. The molecular formula is C20H11Br2O5Zr+. The van der Waals surface area contributed by atoms with Crippen LogP contribution in [0.5, 0.6) is 23.0 Å². The zero-order valence-electron chi connectivity index (χ0n) is 14.1. The maximum absolute atomic E-state index is 11.7. The van der Waals surface area contributed by atoms with E-state index >= 15 is 0 Å². The third-order valence-electron chi connectivity index (χ3n) is 4.53. The molecule has 138 valence electrons. The Kier molecular flexibility index (Phi) is 6.04. The largest absolute Gasteiger partial charge is 2.00 e. The fraction of sp³-hybridized carbons (Fsp3) is 0.0500. The molecule has 0 saturated heterocycles. The summed E-state index contributed by atoms with van der Waals surface area (Å²) in [5.41, 5.74) is 1.95. The van der Waals surface area contributed by atoms with Crippen LogP contribution in [0, 0.1) is 0 Å². The topological polar surface area (TPSA) is 89.8 Å². The minimum absolute atomic E-state index is 0. The predicted octanol–water partition coefficient (Wildman–Crippen LogP) is 4.27. The summed E-state index contributed by atoms with van der Waals surface area (Å²) in [5.74, 6) is -1.10. The normalized spacial score (nSPS) is 12.4. The second kappa shape index (κ2) is 8.01. The number of ether oxygens (including phenoxy) is 1. The monoisotopic (exact) mass is 579 g/mol. The molecule has 0 saturated carbocycles. The molecular weight excluding hydrogens is 571 g/mol. The van der Waals surface area contributed by atoms with Crippen molar-refractivity contribution in [1.29, 1.82) is 0 Å². The van der Waals surface area contributed by atoms with Gasteiger partial charge in [0.1, 0.15) is 31.9 Å². The number of carboxylic acid groups (broad SMARTS) is 1. The number of fused-ring (bicyclic) bond motifs is 2. The molecule has 0 aliphatic carbocycles. The van der Waals surface area contributed by atoms with Gasteiger partial charge in [0.15, 0.2) is 0 Å². The van der Waals surface area contributed by atoms with Crippen LogP contribution in [0.1, 0.15) is 33.0 Å². The summed E-state index contributed by atoms with van der Waals surface area (Å²) >= 11 is 6.65. The molecule has 2 N–H and O–H groups in total. The van der Waals surface area contributed by atoms with E-state index in [1.807, 2.05) is 0 Å². The van der Waals surface area contributed by atoms with Gasteiger partial charge in [-0.2, -0.15) is 0 Å². The van der Waals surface area contributed by atoms with Gasteiger partial charge in [0, 0.05) is 22.6 Å². The third kappa shape index (κ3) is 3.32. The van der Waals surface area contributed by atoms with Gasteiger partial charge in [0.2, 0.25) is 0 Å². The number of carboxylic acids is 1. The molecule has 3 aromatic carbocycles. The van der Waals surface area contributed by atoms with Gasteiger partial charge in [-0.05, 0) is 49.6 Å². The van der Waals surface area contributed by atoms with E-state index in [-0.39, 0.29) is 43.3 Å². The Morgan fingerprint density at radius 2 is 1.36 bits per heavy atom. The fourth-order valence-corrected chi connectivity index (χ4v) is 4.21. The van der Waals surface area contributed by atoms with E-state index in [2.05, 4.69) is 31.9 Å². The van der Waals surface area contributed by atoms with Crippen molar-refractivity contribution in [3.05, 3.63) is 79.7 Å². The first-order chi connectivity index (χ1) is 12.9. The maximum atomic E-state index is 11.7. The molecule has 1 aliphatic heterocycles. The molecule has 0 unspecified atom stereocenters. The number of rotatable bonds is 2. The van der Waals surface area contributed by atoms with Crippen LogP contribution in [0.25, 0.3) is 0 Å². The van der Waals surface area contributed by atoms with E-state index in [1.165, 1.54) is 18.2 Å². The van der Waals surface area contributed by atoms with Gasteiger partial charge in [0.25, 0.3) is 0 Å². The van der Waals surface area contributed by atoms with Crippen molar-refractivity contribution in [2.75, 3.05) is 0 Å². The zero-order valence-corrected chi connectivity index (χ0v) is 19.7. The molecule has 1 heterocycles. The Bertz CT molecular complexity index is 1040. The van der Waals surface area contributed by atoms with Gasteiger partial charge in [-0.3, -0.25) is 0 Å². The third-order valence-corrected chi connectivity index (χ3v) is 6.06. The summed E-state index contributed by atoms with van der Waals surface area (Å²) in [6.45, 7) is 0. The number of halogens is 2. The molecule has 0 aromatic heterocycles. The van der Waals surface area contributed by atoms with Gasteiger partial charge in [-0.1, -0.05) is 36.4 Å². The van der Waals surface area contributed by atoms with Crippen LogP contribution in [0.3, 0.4) is 0 Å². The van der Waals surface area contributed by atoms with E-state index in [0.717, 1.165) is 0 Å². The van der Waals surface area contributed by atoms with Crippen LogP contribution < -0.4 is 9.84 Å². The molecule has 0 atom stereocenters. The molecule has 1 aliphatic rings. The first-order valence-corrected chi connectivity index (χ1v) is 9.49. The van der Waals surface area contributed by atoms with Crippen LogP contribution >= 0.6 is 31.9 Å². The van der Waals surface area contributed by atoms with Crippen molar-refractivity contribution in [2.24, 2.45) is 0 Å². The fourth-order valence-electron chi connectivity index (χ4n) is 3.32. The molecule has 4 rings (SSSR count). The maximum Gasteiger partial charge on any atom is 2.00 e. The Morgan fingerprint density at radius 3 is 1.86 bits per heavy atom. The quantitative estimate of drug-likeness (QED) is 0.369. The summed E-state index contributed by atoms with van der Waals surface area (Å²) in [4.78, 5) is 11.7. The van der Waals surface area contributed by atoms with Crippen LogP contribution in [0.2, 0.25) is 0 Å². The number of hydrogen-bond donors (Lipinski definition) is 2. The number of phenolic OH excluding ortho intramolecular Hbond substituents is 2. The molecule has 0 spiro atoms. The second-order valence-electron chi connectivity index (χ2n) is 6.04. The van der Waals surface area contributed by atoms with E-state index in [4.69, 9.17) is 4.74 Å². The number of carbonyl (C=O) groups is 1. The average Bonchev–Trinajstić information content (AvgIpc) is 2.66. The minimum atomic E-state index is -1.28. The smallest absolute Gasteiger partial charge is 0.545 e. The second-order valence-corrected chi connectivity index (χ2v) is 7.63. The van der Waals surface area contributed by atoms with Crippen molar-refractivity contribution in [1.82, 2.24) is 0 Å². The van der Waals surface area contributed by atoms with Gasteiger partial charge >= 0.3 is 26.2 Å². The van der Waals surface area contributed by atoms with Crippen LogP contribution in [-0.4, -0.2) is 16.2 Å². The Hall–Kier alpha value is -1.63. The summed E-state index contributed by atoms with van der Waals surface area (Å²) in [5, 5.41) is 31.8. The predicted molar refractivity (Wildman–Crippen MR) is 103 cm³/mol. The molecule has 8 heteroatoms. The number of aromatic carboxylic acids is 1. The van der Waals surface area contributed by atoms with Crippen LogP contribution in [-0.2, 0) is 26.2 Å². The number of phenols is 2. The molecule has 5 nitrogen and oxygen atoms in total. The van der Waals surface area contributed by atoms with Crippen molar-refractivity contribution in [3.63, 3.8) is 0 Å². The number of benzene rings is 3. The molecule has 0 fully saturated rings. The summed E-state index contributed by atoms with van der Waals surface area (Å²) < 4.78 is 6.66. The van der Waals surface area contributed by atoms with E-state index in [1.54, 1.807) is 30.3 Å². The van der Waals surface area contributed by atoms with Gasteiger partial charge in [-0.15, -0.1) is 0 Å². The first-order valence-electron chi connectivity index (χ1n) is 7.91. The molecule has 0 bridgehead atoms. The Balaban J connectivity index is 0.00000225. The number of hydrogen-bond acceptors (Lipinski definition) is 5. The van der Waals surface area contributed by atoms with Crippen LogP contribution in [0.4, 0.5) is 0 Å². The van der Waals surface area contributed by atoms with E-state index in [9.17, 15) is 20.1 Å². The Labute approximate surface area is 196 Å². The van der Waals surface area contributed by atoms with E-state index < -0.39 is 11.9 Å². The standard InChI is InChI=1S/C20H12Br2O5.Zr/c21-16-13(23)7-5-11-15(9-3-1-2-4-10(9)20(25)26)12-6-8-14(24)17(22)19(12)27-18(11)16;/h1-8,15,23-24H,(H,25,26);/q;+2/p-1. The van der Waals surface area contributed by atoms with Crippen molar-refractivity contribution in [2.45, 2.75) is 5.92 Å². The van der Waals surface area contributed by atoms with E-state index in [0.29, 0.717) is 37.1 Å². The summed E-state index contributed by atoms with van der Waals surface area (Å²) in [6, 6.07) is 13.0. The number of aromatic hydroxyl groups is 2. The van der Waals surface area contributed by atoms with Crippen molar-refractivity contribution >= 4 is 37.8 Å². The van der Waals surface area contributed by atoms with Crippen molar-refractivity contribution < 1.29 is 51.1 Å². The average molecular weight is 582 g/mol. The minimum Gasteiger partial charge on any atom is -0.545 e. The number of carbonyl (C=O) groups excluding carboxylic acids is 1. The zero-order chi connectivity index (χ0) is 19.3. The molecule has 3 aromatic rings. The van der Waals surface area contributed by atoms with Gasteiger partial charge < -0.3 is 24.9 Å². The summed E-state index contributed by atoms with van der Waals surface area (Å²) in [7, 11) is 0. The molecule has 0 radical (unpaired) electrons. The summed E-state index contributed by atoms with van der Waals surface area (Å²) in [6.07, 6.45) is 0. The van der Waals surface area contributed by atoms with Gasteiger partial charge in [0.05, 0.1) is 5.97 Å². The van der Waals surface area contributed by atoms with Crippen LogP contribution in [0.15, 0.2) is 57.5 Å².